The van der Waals surface area contributed by atoms with Crippen molar-refractivity contribution in [1.29, 1.82) is 5.26 Å². The molecule has 0 fully saturated rings. The Labute approximate surface area is 99.5 Å². The molecule has 0 aromatic heterocycles. The van der Waals surface area contributed by atoms with E-state index in [1.807, 2.05) is 31.1 Å². The van der Waals surface area contributed by atoms with Crippen molar-refractivity contribution in [2.75, 3.05) is 14.1 Å². The van der Waals surface area contributed by atoms with Crippen LogP contribution in [0.15, 0.2) is 23.8 Å². The van der Waals surface area contributed by atoms with Crippen molar-refractivity contribution in [3.8, 4) is 11.8 Å². The second-order valence-corrected chi connectivity index (χ2v) is 4.26. The van der Waals surface area contributed by atoms with Gasteiger partial charge in [-0.15, -0.1) is 0 Å². The summed E-state index contributed by atoms with van der Waals surface area (Å²) in [6.07, 6.45) is 1.49. The van der Waals surface area contributed by atoms with E-state index in [9.17, 15) is 0 Å². The van der Waals surface area contributed by atoms with Crippen LogP contribution in [0.25, 0.3) is 6.08 Å². The van der Waals surface area contributed by atoms with E-state index in [1.165, 1.54) is 0 Å². The van der Waals surface area contributed by atoms with E-state index >= 15 is 0 Å². The van der Waals surface area contributed by atoms with Crippen LogP contribution in [0.4, 0.5) is 0 Å². The van der Waals surface area contributed by atoms with Crippen molar-refractivity contribution in [3.63, 3.8) is 0 Å². The van der Waals surface area contributed by atoms with Gasteiger partial charge in [0.25, 0.3) is 0 Å². The molecule has 1 atom stereocenters. The van der Waals surface area contributed by atoms with Crippen LogP contribution >= 0.6 is 11.6 Å². The van der Waals surface area contributed by atoms with Crippen LogP contribution < -0.4 is 4.74 Å². The molecule has 0 amide bonds. The van der Waals surface area contributed by atoms with Crippen LogP contribution in [0.5, 0.6) is 5.75 Å². The quantitative estimate of drug-likeness (QED) is 0.749. The van der Waals surface area contributed by atoms with Gasteiger partial charge >= 0.3 is 0 Å². The highest BCUT2D eigenvalue weighted by Gasteiger charge is 2.24. The minimum Gasteiger partial charge on any atom is -0.470 e. The SMILES string of the molecule is CN(C)C1Oc2ccc(Cl)cc2C=C1C#N. The third-order valence-corrected chi connectivity index (χ3v) is 2.62. The first-order valence-corrected chi connectivity index (χ1v) is 5.24. The van der Waals surface area contributed by atoms with Crippen molar-refractivity contribution in [3.05, 3.63) is 34.4 Å². The van der Waals surface area contributed by atoms with Gasteiger partial charge in [-0.3, -0.25) is 4.90 Å². The van der Waals surface area contributed by atoms with Gasteiger partial charge in [0.15, 0.2) is 6.23 Å². The third kappa shape index (κ3) is 1.90. The maximum Gasteiger partial charge on any atom is 0.188 e. The first-order chi connectivity index (χ1) is 7.61. The van der Waals surface area contributed by atoms with E-state index in [2.05, 4.69) is 6.07 Å². The molecule has 4 heteroatoms. The lowest BCUT2D eigenvalue weighted by molar-refractivity contribution is 0.0981. The fourth-order valence-corrected chi connectivity index (χ4v) is 1.81. The molecule has 0 saturated carbocycles. The Balaban J connectivity index is 2.47. The van der Waals surface area contributed by atoms with E-state index < -0.39 is 0 Å². The molecular formula is C12H11ClN2O. The van der Waals surface area contributed by atoms with Gasteiger partial charge in [0, 0.05) is 10.6 Å². The summed E-state index contributed by atoms with van der Waals surface area (Å²) in [4.78, 5) is 1.85. The molecule has 0 radical (unpaired) electrons. The Morgan fingerprint density at radius 2 is 2.19 bits per heavy atom. The standard InChI is InChI=1S/C12H11ClN2O/c1-15(2)12-9(7-14)5-8-6-10(13)3-4-11(8)16-12/h3-6,12H,1-2H3. The van der Waals surface area contributed by atoms with Gasteiger partial charge in [-0.1, -0.05) is 11.6 Å². The molecule has 16 heavy (non-hydrogen) atoms. The molecule has 0 bridgehead atoms. The maximum atomic E-state index is 9.05. The van der Waals surface area contributed by atoms with Crippen LogP contribution in [-0.4, -0.2) is 25.2 Å². The Morgan fingerprint density at radius 3 is 2.81 bits per heavy atom. The summed E-state index contributed by atoms with van der Waals surface area (Å²) in [7, 11) is 3.74. The Morgan fingerprint density at radius 1 is 1.44 bits per heavy atom. The number of halogens is 1. The first-order valence-electron chi connectivity index (χ1n) is 4.86. The molecule has 1 aromatic carbocycles. The Kier molecular flexibility index (Phi) is 2.86. The zero-order valence-corrected chi connectivity index (χ0v) is 9.82. The molecule has 1 aliphatic rings. The maximum absolute atomic E-state index is 9.05. The molecule has 0 aliphatic carbocycles. The molecule has 2 rings (SSSR count). The summed E-state index contributed by atoms with van der Waals surface area (Å²) >= 11 is 5.89. The molecule has 0 saturated heterocycles. The lowest BCUT2D eigenvalue weighted by Crippen LogP contribution is -2.36. The van der Waals surface area contributed by atoms with Crippen molar-refractivity contribution in [1.82, 2.24) is 4.90 Å². The molecule has 1 aliphatic heterocycles. The van der Waals surface area contributed by atoms with Crippen molar-refractivity contribution in [2.45, 2.75) is 6.23 Å². The molecule has 82 valence electrons. The number of ether oxygens (including phenoxy) is 1. The van der Waals surface area contributed by atoms with Gasteiger partial charge < -0.3 is 4.74 Å². The average molecular weight is 235 g/mol. The predicted molar refractivity (Wildman–Crippen MR) is 63.1 cm³/mol. The number of benzene rings is 1. The van der Waals surface area contributed by atoms with Crippen LogP contribution in [-0.2, 0) is 0 Å². The molecule has 1 heterocycles. The van der Waals surface area contributed by atoms with Crippen molar-refractivity contribution >= 4 is 17.7 Å². The third-order valence-electron chi connectivity index (χ3n) is 2.39. The Bertz CT molecular complexity index is 488. The van der Waals surface area contributed by atoms with E-state index in [4.69, 9.17) is 21.6 Å². The van der Waals surface area contributed by atoms with E-state index in [-0.39, 0.29) is 6.23 Å². The highest BCUT2D eigenvalue weighted by Crippen LogP contribution is 2.31. The summed E-state index contributed by atoms with van der Waals surface area (Å²) in [6.45, 7) is 0. The van der Waals surface area contributed by atoms with Gasteiger partial charge in [-0.05, 0) is 38.4 Å². The summed E-state index contributed by atoms with van der Waals surface area (Å²) in [6, 6.07) is 7.53. The van der Waals surface area contributed by atoms with Crippen LogP contribution in [0.2, 0.25) is 5.02 Å². The predicted octanol–water partition coefficient (Wildman–Crippen LogP) is 2.53. The summed E-state index contributed by atoms with van der Waals surface area (Å²) in [5.74, 6) is 0.752. The average Bonchev–Trinajstić information content (AvgIpc) is 2.26. The molecule has 0 N–H and O–H groups in total. The second kappa shape index (κ2) is 4.17. The minimum absolute atomic E-state index is 0.321. The van der Waals surface area contributed by atoms with Crippen LogP contribution in [0, 0.1) is 11.3 Å². The summed E-state index contributed by atoms with van der Waals surface area (Å²) in [5, 5.41) is 9.69. The molecule has 1 aromatic rings. The highest BCUT2D eigenvalue weighted by atomic mass is 35.5. The second-order valence-electron chi connectivity index (χ2n) is 3.83. The fourth-order valence-electron chi connectivity index (χ4n) is 1.63. The van der Waals surface area contributed by atoms with E-state index in [1.54, 1.807) is 12.1 Å². The van der Waals surface area contributed by atoms with E-state index in [0.717, 1.165) is 11.3 Å². The van der Waals surface area contributed by atoms with E-state index in [0.29, 0.717) is 10.6 Å². The molecule has 1 unspecified atom stereocenters. The van der Waals surface area contributed by atoms with Crippen molar-refractivity contribution < 1.29 is 4.74 Å². The lowest BCUT2D eigenvalue weighted by atomic mass is 10.1. The number of hydrogen-bond donors (Lipinski definition) is 0. The summed E-state index contributed by atoms with van der Waals surface area (Å²) in [5.41, 5.74) is 1.43. The molecule has 3 nitrogen and oxygen atoms in total. The smallest absolute Gasteiger partial charge is 0.188 e. The monoisotopic (exact) mass is 234 g/mol. The number of rotatable bonds is 1. The van der Waals surface area contributed by atoms with Gasteiger partial charge in [-0.25, -0.2) is 0 Å². The van der Waals surface area contributed by atoms with Crippen molar-refractivity contribution in [2.24, 2.45) is 0 Å². The largest absolute Gasteiger partial charge is 0.470 e. The topological polar surface area (TPSA) is 36.3 Å². The minimum atomic E-state index is -0.321. The molecule has 0 spiro atoms. The fraction of sp³-hybridized carbons (Fsp3) is 0.250. The summed E-state index contributed by atoms with van der Waals surface area (Å²) < 4.78 is 5.73. The van der Waals surface area contributed by atoms with Gasteiger partial charge in [0.05, 0.1) is 5.57 Å². The first kappa shape index (κ1) is 11.0. The number of hydrogen-bond acceptors (Lipinski definition) is 3. The zero-order chi connectivity index (χ0) is 11.7. The van der Waals surface area contributed by atoms with Gasteiger partial charge in [0.1, 0.15) is 11.8 Å². The van der Waals surface area contributed by atoms with Crippen LogP contribution in [0.1, 0.15) is 5.56 Å². The zero-order valence-electron chi connectivity index (χ0n) is 9.07. The van der Waals surface area contributed by atoms with Gasteiger partial charge in [0.2, 0.25) is 0 Å². The molecular weight excluding hydrogens is 224 g/mol. The van der Waals surface area contributed by atoms with Crippen LogP contribution in [0.3, 0.4) is 0 Å². The highest BCUT2D eigenvalue weighted by molar-refractivity contribution is 6.30. The normalized spacial score (nSPS) is 18.4. The van der Waals surface area contributed by atoms with Gasteiger partial charge in [-0.2, -0.15) is 5.26 Å². The Hall–Kier alpha value is -1.50. The number of nitrogens with zero attached hydrogens (tertiary/aromatic N) is 2. The number of likely N-dealkylation sites (N-methyl/N-ethyl adjacent to an activating group) is 1. The number of nitriles is 1. The number of fused-ring (bicyclic) bond motifs is 1. The lowest BCUT2D eigenvalue weighted by Gasteiger charge is -2.28.